The van der Waals surface area contributed by atoms with E-state index >= 15 is 0 Å². The Morgan fingerprint density at radius 1 is 1.06 bits per heavy atom. The predicted octanol–water partition coefficient (Wildman–Crippen LogP) is 3.59. The molecule has 0 aliphatic rings. The zero-order valence-electron chi connectivity index (χ0n) is 10.2. The van der Waals surface area contributed by atoms with Gasteiger partial charge in [0.1, 0.15) is 5.75 Å². The molecule has 0 spiro atoms. The van der Waals surface area contributed by atoms with E-state index in [1.54, 1.807) is 31.4 Å². The van der Waals surface area contributed by atoms with Crippen LogP contribution in [0.4, 0.5) is 0 Å². The maximum absolute atomic E-state index is 11.8. The van der Waals surface area contributed by atoms with Gasteiger partial charge in [-0.2, -0.15) is 0 Å². The minimum absolute atomic E-state index is 0.00594. The second-order valence-electron chi connectivity index (χ2n) is 3.84. The average Bonchev–Trinajstić information content (AvgIpc) is 2.46. The van der Waals surface area contributed by atoms with Crippen molar-refractivity contribution >= 4 is 11.9 Å². The van der Waals surface area contributed by atoms with E-state index in [0.29, 0.717) is 5.56 Å². The molecule has 2 rings (SSSR count). The van der Waals surface area contributed by atoms with Crippen LogP contribution < -0.4 is 4.74 Å². The number of carbonyl (C=O) groups excluding carboxylic acids is 1. The zero-order chi connectivity index (χ0) is 12.8. The monoisotopic (exact) mass is 240 g/mol. The summed E-state index contributed by atoms with van der Waals surface area (Å²) < 4.78 is 5.07. The molecule has 0 unspecified atom stereocenters. The molecule has 0 amide bonds. The van der Waals surface area contributed by atoms with Gasteiger partial charge in [-0.3, -0.25) is 4.79 Å². The fourth-order valence-corrected chi connectivity index (χ4v) is 1.59. The van der Waals surface area contributed by atoms with E-state index in [9.17, 15) is 4.79 Å². The highest BCUT2D eigenvalue weighted by molar-refractivity contribution is 6.06. The first-order valence-electron chi connectivity index (χ1n) is 5.71. The Kier molecular flexibility index (Phi) is 3.92. The fourth-order valence-electron chi connectivity index (χ4n) is 1.59. The van der Waals surface area contributed by atoms with Crippen molar-refractivity contribution in [3.63, 3.8) is 0 Å². The van der Waals surface area contributed by atoms with Crippen LogP contribution in [-0.4, -0.2) is 12.9 Å². The molecule has 18 heavy (non-hydrogen) atoms. The lowest BCUT2D eigenvalue weighted by Gasteiger charge is -1.99. The molecule has 2 heteroatoms. The summed E-state index contributed by atoms with van der Waals surface area (Å²) >= 11 is 0. The lowest BCUT2D eigenvalue weighted by atomic mass is 10.2. The molecule has 0 radical (unpaired) electrons. The Hall–Kier alpha value is -2.35. The van der Waals surface area contributed by atoms with Gasteiger partial charge in [0.05, 0.1) is 7.11 Å². The van der Waals surface area contributed by atoms with Crippen LogP contribution in [0.5, 0.6) is 5.75 Å². The van der Waals surface area contributed by atoms with Crippen LogP contribution in [0.1, 0.15) is 15.9 Å². The number of allylic oxidation sites excluding steroid dienone is 1. The molecule has 0 N–H and O–H groups in total. The molecule has 0 aliphatic heterocycles. The predicted molar refractivity (Wildman–Crippen MR) is 72.8 cm³/mol. The van der Waals surface area contributed by atoms with Gasteiger partial charge in [-0.05, 0) is 23.8 Å². The van der Waals surface area contributed by atoms with Crippen molar-refractivity contribution in [2.45, 2.75) is 0 Å². The van der Waals surface area contributed by atoms with Crippen molar-refractivity contribution in [2.24, 2.45) is 0 Å². The molecule has 0 bridgehead atoms. The molecule has 90 valence electrons. The van der Waals surface area contributed by atoms with Crippen molar-refractivity contribution < 1.29 is 9.53 Å². The summed E-state index contributed by atoms with van der Waals surface area (Å²) in [5.74, 6) is 0.813. The molecule has 2 aromatic carbocycles. The van der Waals surface area contributed by atoms with Gasteiger partial charge >= 0.3 is 0 Å². The SMILES string of the molecule is COc1ccc(C=[14CH]C(=O)c2ccccc2)cc1. The van der Waals surface area contributed by atoms with Crippen LogP contribution in [0.2, 0.25) is 0 Å². The van der Waals surface area contributed by atoms with Crippen LogP contribution in [0.3, 0.4) is 0 Å². The van der Waals surface area contributed by atoms with E-state index in [-0.39, 0.29) is 5.78 Å². The molecule has 0 heterocycles. The summed E-state index contributed by atoms with van der Waals surface area (Å²) in [4.78, 5) is 11.8. The van der Waals surface area contributed by atoms with Crippen molar-refractivity contribution in [1.29, 1.82) is 0 Å². The Morgan fingerprint density at radius 3 is 2.33 bits per heavy atom. The topological polar surface area (TPSA) is 26.3 Å². The summed E-state index contributed by atoms with van der Waals surface area (Å²) in [6.45, 7) is 0. The molecular formula is C16H14O2. The van der Waals surface area contributed by atoms with Gasteiger partial charge in [0, 0.05) is 5.56 Å². The molecule has 0 saturated carbocycles. The third-order valence-electron chi connectivity index (χ3n) is 2.60. The number of ether oxygens (including phenoxy) is 1. The van der Waals surface area contributed by atoms with Crippen LogP contribution in [-0.2, 0) is 0 Å². The number of ketones is 1. The van der Waals surface area contributed by atoms with Gasteiger partial charge < -0.3 is 4.74 Å². The summed E-state index contributed by atoms with van der Waals surface area (Å²) in [6, 6.07) is 16.8. The highest BCUT2D eigenvalue weighted by Gasteiger charge is 1.99. The Morgan fingerprint density at radius 2 is 1.72 bits per heavy atom. The standard InChI is InChI=1S/C16H14O2/c1-18-15-10-7-13(8-11-15)9-12-16(17)14-5-3-2-4-6-14/h2-12H,1H3/i12+2. The molecule has 0 fully saturated rings. The van der Waals surface area contributed by atoms with Crippen LogP contribution in [0.15, 0.2) is 60.7 Å². The van der Waals surface area contributed by atoms with E-state index in [0.717, 1.165) is 11.3 Å². The number of carbonyl (C=O) groups is 1. The number of hydrogen-bond acceptors (Lipinski definition) is 2. The number of methoxy groups -OCH3 is 1. The van der Waals surface area contributed by atoms with Gasteiger partial charge in [0.2, 0.25) is 0 Å². The molecule has 0 atom stereocenters. The maximum Gasteiger partial charge on any atom is 0.185 e. The third kappa shape index (κ3) is 3.08. The summed E-state index contributed by atoms with van der Waals surface area (Å²) in [5.41, 5.74) is 1.67. The highest BCUT2D eigenvalue weighted by atomic mass is 16.5. The average molecular weight is 240 g/mol. The van der Waals surface area contributed by atoms with Crippen molar-refractivity contribution in [3.05, 3.63) is 71.8 Å². The van der Waals surface area contributed by atoms with E-state index in [1.807, 2.05) is 42.5 Å². The Bertz CT molecular complexity index is 539. The summed E-state index contributed by atoms with van der Waals surface area (Å²) in [6.07, 6.45) is 3.38. The molecule has 2 nitrogen and oxygen atoms in total. The summed E-state index contributed by atoms with van der Waals surface area (Å²) in [5, 5.41) is 0. The van der Waals surface area contributed by atoms with Gasteiger partial charge in [-0.25, -0.2) is 0 Å². The quantitative estimate of drug-likeness (QED) is 0.603. The summed E-state index contributed by atoms with van der Waals surface area (Å²) in [7, 11) is 1.63. The Labute approximate surface area is 107 Å². The van der Waals surface area contributed by atoms with Gasteiger partial charge in [-0.1, -0.05) is 48.5 Å². The molecule has 0 aliphatic carbocycles. The van der Waals surface area contributed by atoms with Gasteiger partial charge in [0.25, 0.3) is 0 Å². The van der Waals surface area contributed by atoms with Crippen molar-refractivity contribution in [3.8, 4) is 5.75 Å². The zero-order valence-corrected chi connectivity index (χ0v) is 10.2. The Balaban J connectivity index is 2.08. The lowest BCUT2D eigenvalue weighted by molar-refractivity contribution is 0.104. The molecule has 0 aromatic heterocycles. The largest absolute Gasteiger partial charge is 0.497 e. The third-order valence-corrected chi connectivity index (χ3v) is 2.60. The number of benzene rings is 2. The number of hydrogen-bond donors (Lipinski definition) is 0. The van der Waals surface area contributed by atoms with Gasteiger partial charge in [0.15, 0.2) is 5.78 Å². The van der Waals surface area contributed by atoms with Crippen molar-refractivity contribution in [2.75, 3.05) is 7.11 Å². The first kappa shape index (κ1) is 12.1. The molecular weight excluding hydrogens is 226 g/mol. The van der Waals surface area contributed by atoms with E-state index in [4.69, 9.17) is 4.74 Å². The normalized spacial score (nSPS) is 10.5. The minimum atomic E-state index is 0.00594. The molecule has 0 saturated heterocycles. The van der Waals surface area contributed by atoms with E-state index in [2.05, 4.69) is 0 Å². The first-order valence-corrected chi connectivity index (χ1v) is 5.71. The van der Waals surface area contributed by atoms with Crippen LogP contribution >= 0.6 is 0 Å². The molecule has 2 aromatic rings. The second-order valence-corrected chi connectivity index (χ2v) is 3.84. The fraction of sp³-hybridized carbons (Fsp3) is 0.0625. The highest BCUT2D eigenvalue weighted by Crippen LogP contribution is 2.12. The minimum Gasteiger partial charge on any atom is -0.497 e. The van der Waals surface area contributed by atoms with Crippen molar-refractivity contribution in [1.82, 2.24) is 0 Å². The second kappa shape index (κ2) is 5.82. The van der Waals surface area contributed by atoms with Crippen LogP contribution in [0.25, 0.3) is 6.08 Å². The lowest BCUT2D eigenvalue weighted by Crippen LogP contribution is -1.92. The van der Waals surface area contributed by atoms with E-state index in [1.165, 1.54) is 0 Å². The number of rotatable bonds is 4. The first-order chi connectivity index (χ1) is 8.79. The van der Waals surface area contributed by atoms with Gasteiger partial charge in [-0.15, -0.1) is 0 Å². The van der Waals surface area contributed by atoms with E-state index < -0.39 is 0 Å². The maximum atomic E-state index is 11.8. The van der Waals surface area contributed by atoms with Crippen LogP contribution in [0, 0.1) is 0 Å². The smallest absolute Gasteiger partial charge is 0.185 e.